The number of carbonyl (C=O) groups is 2. The van der Waals surface area contributed by atoms with Gasteiger partial charge in [-0.1, -0.05) is 44.7 Å². The van der Waals surface area contributed by atoms with Gasteiger partial charge in [0.15, 0.2) is 5.17 Å². The predicted octanol–water partition coefficient (Wildman–Crippen LogP) is 4.32. The Kier molecular flexibility index (Phi) is 6.67. The number of ether oxygens (including phenoxy) is 2. The molecule has 0 radical (unpaired) electrons. The van der Waals surface area contributed by atoms with E-state index in [1.165, 1.54) is 18.9 Å². The number of esters is 1. The second kappa shape index (κ2) is 9.03. The molecule has 1 fully saturated rings. The number of amidine groups is 1. The predicted molar refractivity (Wildman–Crippen MR) is 115 cm³/mol. The van der Waals surface area contributed by atoms with E-state index < -0.39 is 12.0 Å². The maximum absolute atomic E-state index is 13.0. The number of allylic oxidation sites excluding steroid dienone is 1. The van der Waals surface area contributed by atoms with Gasteiger partial charge in [0.2, 0.25) is 5.91 Å². The molecule has 2 aliphatic rings. The van der Waals surface area contributed by atoms with Crippen LogP contribution >= 0.6 is 11.8 Å². The Morgan fingerprint density at radius 2 is 1.97 bits per heavy atom. The van der Waals surface area contributed by atoms with Crippen molar-refractivity contribution in [3.63, 3.8) is 0 Å². The number of fused-ring (bicyclic) bond motifs is 1. The molecule has 0 bridgehead atoms. The zero-order chi connectivity index (χ0) is 21.1. The molecule has 0 aromatic heterocycles. The maximum atomic E-state index is 13.0. The fourth-order valence-corrected chi connectivity index (χ4v) is 4.57. The zero-order valence-corrected chi connectivity index (χ0v) is 18.4. The van der Waals surface area contributed by atoms with E-state index in [0.29, 0.717) is 35.4 Å². The fraction of sp³-hybridized carbons (Fsp3) is 0.500. The Hall–Kier alpha value is -2.28. The van der Waals surface area contributed by atoms with Crippen molar-refractivity contribution >= 4 is 28.8 Å². The third-order valence-electron chi connectivity index (χ3n) is 5.09. The van der Waals surface area contributed by atoms with Crippen LogP contribution in [0.5, 0.6) is 5.75 Å². The monoisotopic (exact) mass is 416 g/mol. The minimum atomic E-state index is -0.545. The van der Waals surface area contributed by atoms with Crippen molar-refractivity contribution in [3.05, 3.63) is 41.1 Å². The normalized spacial score (nSPS) is 21.4. The van der Waals surface area contributed by atoms with Crippen molar-refractivity contribution in [1.29, 1.82) is 0 Å². The molecule has 1 aromatic rings. The maximum Gasteiger partial charge on any atom is 0.338 e. The van der Waals surface area contributed by atoms with Gasteiger partial charge in [0.25, 0.3) is 0 Å². The Morgan fingerprint density at radius 3 is 2.55 bits per heavy atom. The van der Waals surface area contributed by atoms with Gasteiger partial charge in [0, 0.05) is 0 Å². The number of amides is 1. The van der Waals surface area contributed by atoms with E-state index in [1.54, 1.807) is 11.8 Å². The highest BCUT2D eigenvalue weighted by Gasteiger charge is 2.47. The lowest BCUT2D eigenvalue weighted by molar-refractivity contribution is -0.137. The van der Waals surface area contributed by atoms with Gasteiger partial charge in [-0.15, -0.1) is 0 Å². The highest BCUT2D eigenvalue weighted by molar-refractivity contribution is 8.15. The first-order valence-corrected chi connectivity index (χ1v) is 10.9. The van der Waals surface area contributed by atoms with Gasteiger partial charge in [-0.2, -0.15) is 0 Å². The Morgan fingerprint density at radius 1 is 1.28 bits per heavy atom. The molecule has 0 saturated carbocycles. The Bertz CT molecular complexity index is 845. The van der Waals surface area contributed by atoms with Crippen LogP contribution in [0.25, 0.3) is 0 Å². The summed E-state index contributed by atoms with van der Waals surface area (Å²) in [5, 5.41) is 0.467. The number of nitrogens with zero attached hydrogens (tertiary/aromatic N) is 2. The molecule has 2 heterocycles. The average molecular weight is 417 g/mol. The van der Waals surface area contributed by atoms with Crippen LogP contribution < -0.4 is 4.74 Å². The average Bonchev–Trinajstić information content (AvgIpc) is 3.02. The number of hydrogen-bond donors (Lipinski definition) is 0. The SMILES string of the molecule is CCC1SC2=NC(C)=C(C(=O)OC)C(c3ccc(OCCC(C)C)cc3)N2C1=O. The molecule has 7 heteroatoms. The number of thioether (sulfide) groups is 1. The zero-order valence-electron chi connectivity index (χ0n) is 17.6. The lowest BCUT2D eigenvalue weighted by Crippen LogP contribution is -2.40. The van der Waals surface area contributed by atoms with Crippen LogP contribution in [-0.4, -0.2) is 40.9 Å². The van der Waals surface area contributed by atoms with E-state index in [4.69, 9.17) is 9.47 Å². The number of aliphatic imine (C=N–C) groups is 1. The summed E-state index contributed by atoms with van der Waals surface area (Å²) in [7, 11) is 1.35. The topological polar surface area (TPSA) is 68.2 Å². The smallest absolute Gasteiger partial charge is 0.338 e. The lowest BCUT2D eigenvalue weighted by atomic mass is 9.94. The summed E-state index contributed by atoms with van der Waals surface area (Å²) in [5.41, 5.74) is 1.82. The molecule has 2 atom stereocenters. The van der Waals surface area contributed by atoms with E-state index >= 15 is 0 Å². The summed E-state index contributed by atoms with van der Waals surface area (Å²) in [6.07, 6.45) is 1.69. The Labute approximate surface area is 176 Å². The van der Waals surface area contributed by atoms with Gasteiger partial charge in [-0.05, 0) is 43.4 Å². The van der Waals surface area contributed by atoms with Crippen molar-refractivity contribution < 1.29 is 19.1 Å². The molecule has 29 heavy (non-hydrogen) atoms. The molecule has 1 saturated heterocycles. The van der Waals surface area contributed by atoms with Crippen LogP contribution in [-0.2, 0) is 14.3 Å². The fourth-order valence-electron chi connectivity index (χ4n) is 3.43. The third kappa shape index (κ3) is 4.34. The molecule has 156 valence electrons. The van der Waals surface area contributed by atoms with Crippen LogP contribution in [0.1, 0.15) is 52.1 Å². The van der Waals surface area contributed by atoms with Crippen molar-refractivity contribution in [2.24, 2.45) is 10.9 Å². The summed E-state index contributed by atoms with van der Waals surface area (Å²) in [5.74, 6) is 0.862. The van der Waals surface area contributed by atoms with Crippen molar-refractivity contribution in [2.45, 2.75) is 51.8 Å². The molecule has 1 aromatic carbocycles. The molecule has 2 aliphatic heterocycles. The van der Waals surface area contributed by atoms with Crippen molar-refractivity contribution in [1.82, 2.24) is 4.90 Å². The second-order valence-corrected chi connectivity index (χ2v) is 8.78. The number of benzene rings is 1. The van der Waals surface area contributed by atoms with Gasteiger partial charge in [0.1, 0.15) is 5.75 Å². The highest BCUT2D eigenvalue weighted by atomic mass is 32.2. The first-order chi connectivity index (χ1) is 13.9. The number of rotatable bonds is 7. The van der Waals surface area contributed by atoms with Crippen LogP contribution in [0, 0.1) is 5.92 Å². The third-order valence-corrected chi connectivity index (χ3v) is 6.41. The molecule has 3 rings (SSSR count). The Balaban J connectivity index is 1.94. The summed E-state index contributed by atoms with van der Waals surface area (Å²) < 4.78 is 10.8. The van der Waals surface area contributed by atoms with Gasteiger partial charge in [0.05, 0.1) is 36.3 Å². The van der Waals surface area contributed by atoms with Crippen LogP contribution in [0.2, 0.25) is 0 Å². The highest BCUT2D eigenvalue weighted by Crippen LogP contribution is 2.44. The van der Waals surface area contributed by atoms with Crippen LogP contribution in [0.3, 0.4) is 0 Å². The molecule has 2 unspecified atom stereocenters. The van der Waals surface area contributed by atoms with Gasteiger partial charge >= 0.3 is 5.97 Å². The lowest BCUT2D eigenvalue weighted by Gasteiger charge is -2.32. The first kappa shape index (κ1) is 21.4. The van der Waals surface area contributed by atoms with Gasteiger partial charge in [-0.25, -0.2) is 9.79 Å². The number of carbonyl (C=O) groups excluding carboxylic acids is 2. The summed E-state index contributed by atoms with van der Waals surface area (Å²) in [6.45, 7) is 8.74. The van der Waals surface area contributed by atoms with E-state index in [1.807, 2.05) is 31.2 Å². The minimum Gasteiger partial charge on any atom is -0.494 e. The molecular weight excluding hydrogens is 388 g/mol. The van der Waals surface area contributed by atoms with E-state index in [2.05, 4.69) is 18.8 Å². The van der Waals surface area contributed by atoms with Crippen molar-refractivity contribution in [2.75, 3.05) is 13.7 Å². The molecule has 0 spiro atoms. The molecule has 1 amide bonds. The quantitative estimate of drug-likeness (QED) is 0.619. The number of methoxy groups -OCH3 is 1. The largest absolute Gasteiger partial charge is 0.494 e. The van der Waals surface area contributed by atoms with Crippen molar-refractivity contribution in [3.8, 4) is 5.75 Å². The van der Waals surface area contributed by atoms with Gasteiger partial charge < -0.3 is 9.47 Å². The van der Waals surface area contributed by atoms with Gasteiger partial charge in [-0.3, -0.25) is 9.69 Å². The molecular formula is C22H28N2O4S. The summed E-state index contributed by atoms with van der Waals surface area (Å²) in [4.78, 5) is 31.8. The van der Waals surface area contributed by atoms with E-state index in [9.17, 15) is 9.59 Å². The molecule has 0 N–H and O–H groups in total. The first-order valence-electron chi connectivity index (χ1n) is 9.97. The van der Waals surface area contributed by atoms with E-state index in [0.717, 1.165) is 17.7 Å². The number of hydrogen-bond acceptors (Lipinski definition) is 6. The summed E-state index contributed by atoms with van der Waals surface area (Å²) >= 11 is 1.46. The second-order valence-electron chi connectivity index (χ2n) is 7.61. The minimum absolute atomic E-state index is 0.0209. The van der Waals surface area contributed by atoms with E-state index in [-0.39, 0.29) is 11.2 Å². The van der Waals surface area contributed by atoms with Crippen LogP contribution in [0.4, 0.5) is 0 Å². The summed E-state index contributed by atoms with van der Waals surface area (Å²) in [6, 6.07) is 7.04. The van der Waals surface area contributed by atoms with Crippen LogP contribution in [0.15, 0.2) is 40.5 Å². The molecule has 6 nitrogen and oxygen atoms in total. The standard InChI is InChI=1S/C22H28N2O4S/c1-6-17-20(25)24-19(18(21(26)27-5)14(4)23-22(24)29-17)15-7-9-16(10-8-15)28-12-11-13(2)3/h7-10,13,17,19H,6,11-12H2,1-5H3. The molecule has 0 aliphatic carbocycles.